The molecule has 4 heterocycles. The molecule has 4 aliphatic heterocycles. The first-order valence-electron chi connectivity index (χ1n) is 41.7. The highest BCUT2D eigenvalue weighted by Gasteiger charge is 2.47. The number of benzene rings is 16. The van der Waals surface area contributed by atoms with Gasteiger partial charge in [-0.2, -0.15) is 0 Å². The van der Waals surface area contributed by atoms with E-state index in [1.807, 2.05) is 0 Å². The maximum atomic E-state index is 2.79. The summed E-state index contributed by atoms with van der Waals surface area (Å²) in [4.78, 5) is 10.2. The number of anilines is 12. The molecule has 16 aromatic carbocycles. The van der Waals surface area contributed by atoms with Crippen molar-refractivity contribution >= 4 is 147 Å². The molecule has 0 radical (unpaired) electrons. The van der Waals surface area contributed by atoms with Crippen molar-refractivity contribution in [1.82, 2.24) is 0 Å². The average molecular weight is 1470 g/mol. The second-order valence-electron chi connectivity index (χ2n) is 34.7. The third-order valence-corrected chi connectivity index (χ3v) is 25.6. The van der Waals surface area contributed by atoms with Gasteiger partial charge >= 0.3 is 0 Å². The average Bonchev–Trinajstić information content (AvgIpc) is 0.660. The summed E-state index contributed by atoms with van der Waals surface area (Å²) in [5, 5.41) is 8.07. The van der Waals surface area contributed by atoms with Gasteiger partial charge in [-0.15, -0.1) is 0 Å². The molecule has 0 fully saturated rings. The van der Waals surface area contributed by atoms with Crippen LogP contribution in [-0.4, -0.2) is 13.4 Å². The molecular formula is C108H96B2N4. The minimum atomic E-state index is -0.231. The highest BCUT2D eigenvalue weighted by molar-refractivity contribution is 7.02. The minimum absolute atomic E-state index is 0.0984. The zero-order valence-electron chi connectivity index (χ0n) is 68.1. The van der Waals surface area contributed by atoms with Gasteiger partial charge in [0.05, 0.1) is 0 Å². The van der Waals surface area contributed by atoms with E-state index in [2.05, 4.69) is 408 Å². The van der Waals surface area contributed by atoms with Gasteiger partial charge in [0.2, 0.25) is 13.4 Å². The Labute approximate surface area is 674 Å². The molecule has 0 aliphatic carbocycles. The highest BCUT2D eigenvalue weighted by atomic mass is 15.2. The Morgan fingerprint density at radius 3 is 0.982 bits per heavy atom. The first-order chi connectivity index (χ1) is 55.4. The molecule has 0 saturated heterocycles. The topological polar surface area (TPSA) is 13.0 Å². The van der Waals surface area contributed by atoms with Crippen molar-refractivity contribution in [2.45, 2.75) is 132 Å². The van der Waals surface area contributed by atoms with E-state index >= 15 is 0 Å². The summed E-state index contributed by atoms with van der Waals surface area (Å²) >= 11 is 0. The lowest BCUT2D eigenvalue weighted by Crippen LogP contribution is -2.60. The van der Waals surface area contributed by atoms with Crippen molar-refractivity contribution in [2.24, 2.45) is 0 Å². The molecule has 0 saturated carbocycles. The smallest absolute Gasteiger partial charge is 0.248 e. The Hall–Kier alpha value is -12.1. The fourth-order valence-corrected chi connectivity index (χ4v) is 20.4. The predicted octanol–water partition coefficient (Wildman–Crippen LogP) is 26.8. The largest absolute Gasteiger partial charge is 0.311 e. The summed E-state index contributed by atoms with van der Waals surface area (Å²) in [5.41, 5.74) is 43.1. The fourth-order valence-electron chi connectivity index (χ4n) is 20.4. The molecule has 4 nitrogen and oxygen atoms in total. The van der Waals surface area contributed by atoms with Gasteiger partial charge in [-0.05, 0) is 314 Å². The number of nitrogens with zero attached hydrogens (tertiary/aromatic N) is 4. The lowest BCUT2D eigenvalue weighted by atomic mass is 9.31. The van der Waals surface area contributed by atoms with Crippen LogP contribution in [-0.2, 0) is 0 Å². The molecule has 4 aliphatic rings. The first kappa shape index (κ1) is 71.0. The third-order valence-electron chi connectivity index (χ3n) is 25.6. The summed E-state index contributed by atoms with van der Waals surface area (Å²) in [6.45, 7) is 33.4. The molecule has 0 unspecified atom stereocenters. The molecule has 0 N–H and O–H groups in total. The summed E-state index contributed by atoms with van der Waals surface area (Å²) in [6, 6.07) is 113. The maximum absolute atomic E-state index is 2.79. The lowest BCUT2D eigenvalue weighted by molar-refractivity contribution is 0.807. The van der Waals surface area contributed by atoms with Crippen molar-refractivity contribution in [3.05, 3.63) is 336 Å². The van der Waals surface area contributed by atoms with Crippen LogP contribution in [0, 0.1) is 13.8 Å². The Bertz CT molecular complexity index is 6390. The normalized spacial score (nSPS) is 13.1. The third kappa shape index (κ3) is 11.0. The second-order valence-corrected chi connectivity index (χ2v) is 34.7. The zero-order chi connectivity index (χ0) is 78.0. The van der Waals surface area contributed by atoms with Gasteiger partial charge in [0.15, 0.2) is 0 Å². The van der Waals surface area contributed by atoms with Crippen LogP contribution in [0.5, 0.6) is 0 Å². The summed E-state index contributed by atoms with van der Waals surface area (Å²) in [7, 11) is 0. The van der Waals surface area contributed by atoms with Crippen molar-refractivity contribution in [2.75, 3.05) is 19.6 Å². The molecule has 0 amide bonds. The number of hydrogen-bond donors (Lipinski definition) is 0. The molecule has 20 rings (SSSR count). The summed E-state index contributed by atoms with van der Waals surface area (Å²) in [5.74, 6) is 1.52. The molecule has 114 heavy (non-hydrogen) atoms. The van der Waals surface area contributed by atoms with Crippen LogP contribution < -0.4 is 52.4 Å². The van der Waals surface area contributed by atoms with E-state index < -0.39 is 0 Å². The molecule has 0 bridgehead atoms. The Balaban J connectivity index is 1.03. The van der Waals surface area contributed by atoms with Crippen LogP contribution >= 0.6 is 0 Å². The minimum Gasteiger partial charge on any atom is -0.311 e. The number of aryl methyl sites for hydroxylation is 2. The van der Waals surface area contributed by atoms with Crippen molar-refractivity contribution in [3.8, 4) is 44.5 Å². The Morgan fingerprint density at radius 2 is 0.588 bits per heavy atom. The number of fused-ring (bicyclic) bond motifs is 8. The number of rotatable bonds is 16. The van der Waals surface area contributed by atoms with Gasteiger partial charge in [-0.3, -0.25) is 0 Å². The standard InChI is InChI=1S/C108H96B2N4/c1-63(2)71-52-81(65(5)6)101(82(53-71)66(7)8)85-59-87-91-49-70(14)51-99-107(91)109(93-47-45-69(13)50-97(93)113(99)77-41-29-19-30-42-77)95-61-90-86(102-83(67(9)10)54-72(64(3)4)55-84(102)68(11)12)60-88-92-56-80(112(75-37-25-17-26-38-75)76-39-27-18-28-40-76)58-100-108(92)110(96-62-89(85)105(103(87)95)106(90)104(88)96)94-48-46-79(57-98(94)114(100)78-43-31-20-32-44-78)111(73-33-21-15-22-34-73)74-35-23-16-24-36-74/h15-68H,1-14H3. The van der Waals surface area contributed by atoms with Gasteiger partial charge in [0.1, 0.15) is 0 Å². The SMILES string of the molecule is Cc1ccc2c(c1)N(c1ccccc1)c1cc(C)cc3c1B2c1cc2c(-c4c(C(C)C)cc(C(C)C)cc4C(C)C)cc4c5c(cc6c(-c7c(C(C)C)cc(C(C)C)cc7C(C)C)cc-3c1c6c25)B1c2ccc(N(c3ccccc3)c3ccccc3)cc2N(c2ccccc2)c2cc(N(c3ccccc3)c3ccccc3)cc-4c21. The summed E-state index contributed by atoms with van der Waals surface area (Å²) in [6.07, 6.45) is 0. The van der Waals surface area contributed by atoms with Crippen LogP contribution in [0.2, 0.25) is 0 Å². The van der Waals surface area contributed by atoms with Gasteiger partial charge in [0, 0.05) is 68.2 Å². The van der Waals surface area contributed by atoms with E-state index in [9.17, 15) is 0 Å². The van der Waals surface area contributed by atoms with Crippen LogP contribution in [0.4, 0.5) is 68.2 Å². The molecule has 0 atom stereocenters. The van der Waals surface area contributed by atoms with Crippen molar-refractivity contribution < 1.29 is 0 Å². The summed E-state index contributed by atoms with van der Waals surface area (Å²) < 4.78 is 0. The lowest BCUT2D eigenvalue weighted by Gasteiger charge is -2.43. The van der Waals surface area contributed by atoms with E-state index in [1.165, 1.54) is 171 Å². The fraction of sp³-hybridized carbons (Fsp3) is 0.185. The van der Waals surface area contributed by atoms with Crippen LogP contribution in [0.15, 0.2) is 291 Å². The van der Waals surface area contributed by atoms with Crippen molar-refractivity contribution in [1.29, 1.82) is 0 Å². The van der Waals surface area contributed by atoms with Crippen LogP contribution in [0.3, 0.4) is 0 Å². The molecule has 554 valence electrons. The van der Waals surface area contributed by atoms with E-state index in [0.29, 0.717) is 11.8 Å². The van der Waals surface area contributed by atoms with Gasteiger partial charge in [0.25, 0.3) is 0 Å². The van der Waals surface area contributed by atoms with Crippen molar-refractivity contribution in [3.63, 3.8) is 0 Å². The van der Waals surface area contributed by atoms with Gasteiger partial charge < -0.3 is 19.6 Å². The molecule has 0 spiro atoms. The van der Waals surface area contributed by atoms with Gasteiger partial charge in [-0.1, -0.05) is 264 Å². The molecule has 16 aromatic rings. The van der Waals surface area contributed by atoms with Crippen LogP contribution in [0.25, 0.3) is 76.8 Å². The molecule has 6 heteroatoms. The Morgan fingerprint density at radius 1 is 0.246 bits per heavy atom. The Kier molecular flexibility index (Phi) is 17.0. The maximum Gasteiger partial charge on any atom is 0.248 e. The van der Waals surface area contributed by atoms with E-state index in [1.54, 1.807) is 0 Å². The quantitative estimate of drug-likeness (QED) is 0.0706. The van der Waals surface area contributed by atoms with Crippen LogP contribution in [0.1, 0.15) is 163 Å². The monoisotopic (exact) mass is 1470 g/mol. The highest BCUT2D eigenvalue weighted by Crippen LogP contribution is 2.57. The predicted molar refractivity (Wildman–Crippen MR) is 494 cm³/mol. The molecular weight excluding hydrogens is 1370 g/mol. The second kappa shape index (κ2) is 27.3. The number of hydrogen-bond acceptors (Lipinski definition) is 4. The first-order valence-corrected chi connectivity index (χ1v) is 41.7. The molecule has 0 aromatic heterocycles. The van der Waals surface area contributed by atoms with E-state index in [0.717, 1.165) is 51.2 Å². The van der Waals surface area contributed by atoms with Gasteiger partial charge in [-0.25, -0.2) is 0 Å². The van der Waals surface area contributed by atoms with E-state index in [-0.39, 0.29) is 37.1 Å². The number of para-hydroxylation sites is 6. The zero-order valence-corrected chi connectivity index (χ0v) is 68.1. The van der Waals surface area contributed by atoms with E-state index in [4.69, 9.17) is 0 Å².